The van der Waals surface area contributed by atoms with Crippen LogP contribution in [0, 0.1) is 0 Å². The van der Waals surface area contributed by atoms with E-state index in [4.69, 9.17) is 18.9 Å². The molecule has 5 atom stereocenters. The number of ether oxygens (including phenoxy) is 4. The number of fused-ring (bicyclic) bond motifs is 1. The van der Waals surface area contributed by atoms with Crippen LogP contribution in [-0.2, 0) is 51.7 Å². The minimum Gasteiger partial charge on any atom is -0.610 e. The van der Waals surface area contributed by atoms with Crippen LogP contribution in [-0.4, -0.2) is 57.4 Å². The molecular formula is C10H16NO5Y-. The number of hydrogen-bond donors (Lipinski definition) is 0. The fraction of sp³-hybridized carbons (Fsp3) is 0.900. The summed E-state index contributed by atoms with van der Waals surface area (Å²) in [4.78, 5) is 11.1. The third kappa shape index (κ3) is 2.99. The van der Waals surface area contributed by atoms with E-state index in [1.807, 2.05) is 6.92 Å². The van der Waals surface area contributed by atoms with Gasteiger partial charge in [-0.2, -0.15) is 0 Å². The maximum atomic E-state index is 11.1. The van der Waals surface area contributed by atoms with Gasteiger partial charge in [-0.15, -0.1) is 0 Å². The van der Waals surface area contributed by atoms with Crippen LogP contribution in [0.1, 0.15) is 6.92 Å². The van der Waals surface area contributed by atoms with E-state index in [1.165, 1.54) is 0 Å². The Labute approximate surface area is 126 Å². The van der Waals surface area contributed by atoms with Crippen LogP contribution in [0.3, 0.4) is 0 Å². The van der Waals surface area contributed by atoms with Crippen LogP contribution in [0.2, 0.25) is 0 Å². The summed E-state index contributed by atoms with van der Waals surface area (Å²) in [5.74, 6) is 0. The average molecular weight is 319 g/mol. The van der Waals surface area contributed by atoms with Crippen molar-refractivity contribution in [3.8, 4) is 0 Å². The van der Waals surface area contributed by atoms with E-state index < -0.39 is 6.09 Å². The van der Waals surface area contributed by atoms with Crippen LogP contribution < -0.4 is 0 Å². The summed E-state index contributed by atoms with van der Waals surface area (Å²) < 4.78 is 21.3. The van der Waals surface area contributed by atoms with Gasteiger partial charge in [0.05, 0.1) is 6.61 Å². The van der Waals surface area contributed by atoms with Gasteiger partial charge in [0.1, 0.15) is 18.3 Å². The zero-order valence-electron chi connectivity index (χ0n) is 10.2. The van der Waals surface area contributed by atoms with Gasteiger partial charge in [-0.1, -0.05) is 0 Å². The first-order valence-electron chi connectivity index (χ1n) is 5.26. The molecule has 6 nitrogen and oxygen atoms in total. The van der Waals surface area contributed by atoms with Crippen molar-refractivity contribution in [2.45, 2.75) is 37.4 Å². The van der Waals surface area contributed by atoms with Gasteiger partial charge in [0.15, 0.2) is 0 Å². The summed E-state index contributed by atoms with van der Waals surface area (Å²) in [5, 5.41) is 3.88. The van der Waals surface area contributed by atoms with Gasteiger partial charge < -0.3 is 24.3 Å². The van der Waals surface area contributed by atoms with Crippen LogP contribution in [0.15, 0.2) is 0 Å². The van der Waals surface area contributed by atoms with E-state index in [9.17, 15) is 4.79 Å². The number of hydrogen-bond acceptors (Lipinski definition) is 5. The van der Waals surface area contributed by atoms with E-state index >= 15 is 0 Å². The molecule has 0 spiro atoms. The van der Waals surface area contributed by atoms with Crippen LogP contribution in [0.5, 0.6) is 0 Å². The van der Waals surface area contributed by atoms with E-state index in [1.54, 1.807) is 14.2 Å². The third-order valence-corrected chi connectivity index (χ3v) is 2.99. The maximum Gasteiger partial charge on any atom is 0.230 e. The predicted octanol–water partition coefficient (Wildman–Crippen LogP) is 0.694. The van der Waals surface area contributed by atoms with E-state index in [-0.39, 0.29) is 63.2 Å². The van der Waals surface area contributed by atoms with Crippen molar-refractivity contribution < 1.29 is 56.5 Å². The number of carbonyl (C=O) groups is 1. The van der Waals surface area contributed by atoms with Crippen molar-refractivity contribution in [2.24, 2.45) is 0 Å². The van der Waals surface area contributed by atoms with Crippen molar-refractivity contribution in [3.05, 3.63) is 5.32 Å². The zero-order chi connectivity index (χ0) is 11.7. The standard InChI is InChI=1S/C10H17NO5.Y/c1-5-7-9(16-10(12)11-7)8(14-3)6(15-5)4-13-2;/h5-9H,4H2,1-3H3,(H,11,12);/p-1/t5?,6?,7?,8-,9+;/m0./s1. The van der Waals surface area contributed by atoms with Gasteiger partial charge in [0, 0.05) is 53.0 Å². The number of amides is 1. The molecule has 2 fully saturated rings. The summed E-state index contributed by atoms with van der Waals surface area (Å²) in [6, 6.07) is -0.273. The molecular weight excluding hydrogens is 303 g/mol. The summed E-state index contributed by atoms with van der Waals surface area (Å²) >= 11 is 0. The molecule has 2 aliphatic heterocycles. The van der Waals surface area contributed by atoms with Gasteiger partial charge in [-0.25, -0.2) is 0 Å². The van der Waals surface area contributed by atoms with E-state index in [0.29, 0.717) is 6.61 Å². The second-order valence-electron chi connectivity index (χ2n) is 4.00. The molecule has 1 amide bonds. The van der Waals surface area contributed by atoms with E-state index in [0.717, 1.165) is 0 Å². The molecule has 0 aromatic carbocycles. The minimum atomic E-state index is -0.537. The Morgan fingerprint density at radius 2 is 2.12 bits per heavy atom. The van der Waals surface area contributed by atoms with Crippen molar-refractivity contribution in [1.82, 2.24) is 0 Å². The smallest absolute Gasteiger partial charge is 0.230 e. The van der Waals surface area contributed by atoms with Crippen LogP contribution in [0.25, 0.3) is 5.32 Å². The first-order valence-corrected chi connectivity index (χ1v) is 5.26. The van der Waals surface area contributed by atoms with Crippen molar-refractivity contribution >= 4 is 6.09 Å². The van der Waals surface area contributed by atoms with Crippen molar-refractivity contribution in [3.63, 3.8) is 0 Å². The van der Waals surface area contributed by atoms with Crippen molar-refractivity contribution in [2.75, 3.05) is 20.8 Å². The predicted molar refractivity (Wildman–Crippen MR) is 54.4 cm³/mol. The van der Waals surface area contributed by atoms with Crippen molar-refractivity contribution in [1.29, 1.82) is 0 Å². The summed E-state index contributed by atoms with van der Waals surface area (Å²) in [5.41, 5.74) is 0. The first-order chi connectivity index (χ1) is 7.67. The van der Waals surface area contributed by atoms with Gasteiger partial charge in [0.2, 0.25) is 6.09 Å². The fourth-order valence-electron chi connectivity index (χ4n) is 2.27. The Morgan fingerprint density at radius 1 is 1.41 bits per heavy atom. The molecule has 0 aromatic heterocycles. The summed E-state index contributed by atoms with van der Waals surface area (Å²) in [6.45, 7) is 2.28. The molecule has 2 heterocycles. The number of methoxy groups -OCH3 is 2. The first kappa shape index (κ1) is 15.3. The Bertz CT molecular complexity index is 277. The zero-order valence-corrected chi connectivity index (χ0v) is 13.0. The number of rotatable bonds is 3. The SMILES string of the molecule is COCC1OC(C)C2[N-]C(=O)O[C@H]2[C@H]1OC.[Y]. The molecule has 2 rings (SSSR count). The van der Waals surface area contributed by atoms with E-state index in [2.05, 4.69) is 5.32 Å². The topological polar surface area (TPSA) is 68.1 Å². The van der Waals surface area contributed by atoms with Gasteiger partial charge in [-0.05, 0) is 13.0 Å². The molecule has 95 valence electrons. The molecule has 0 N–H and O–H groups in total. The second-order valence-corrected chi connectivity index (χ2v) is 4.00. The van der Waals surface area contributed by atoms with Gasteiger partial charge in [-0.3, -0.25) is 4.79 Å². The molecule has 2 aliphatic rings. The van der Waals surface area contributed by atoms with Crippen LogP contribution in [0.4, 0.5) is 4.79 Å². The Balaban J connectivity index is 0.00000144. The quantitative estimate of drug-likeness (QED) is 0.766. The molecule has 17 heavy (non-hydrogen) atoms. The largest absolute Gasteiger partial charge is 0.610 e. The number of nitrogens with zero attached hydrogens (tertiary/aromatic N) is 1. The molecule has 0 aromatic rings. The van der Waals surface area contributed by atoms with Crippen LogP contribution >= 0.6 is 0 Å². The fourth-order valence-corrected chi connectivity index (χ4v) is 2.27. The Kier molecular flexibility index (Phi) is 5.79. The van der Waals surface area contributed by atoms with Gasteiger partial charge in [0.25, 0.3) is 0 Å². The molecule has 0 aliphatic carbocycles. The summed E-state index contributed by atoms with van der Waals surface area (Å²) in [7, 11) is 3.16. The Hall–Kier alpha value is 0.254. The Morgan fingerprint density at radius 3 is 2.71 bits per heavy atom. The molecule has 1 radical (unpaired) electrons. The second kappa shape index (κ2) is 6.43. The summed E-state index contributed by atoms with van der Waals surface area (Å²) in [6.07, 6.45) is -1.61. The molecule has 7 heteroatoms. The normalized spacial score (nSPS) is 39.9. The monoisotopic (exact) mass is 319 g/mol. The van der Waals surface area contributed by atoms with Gasteiger partial charge >= 0.3 is 0 Å². The third-order valence-electron chi connectivity index (χ3n) is 2.99. The molecule has 3 unspecified atom stereocenters. The molecule has 0 saturated carbocycles. The average Bonchev–Trinajstić information content (AvgIpc) is 2.61. The number of carbonyl (C=O) groups excluding carboxylic acids is 1. The molecule has 2 saturated heterocycles. The maximum absolute atomic E-state index is 11.1. The molecule has 0 bridgehead atoms. The minimum absolute atomic E-state index is 0.